The molecule has 0 spiro atoms. The monoisotopic (exact) mass is 233 g/mol. The molecule has 0 aliphatic carbocycles. The predicted molar refractivity (Wildman–Crippen MR) is 56.2 cm³/mol. The molecule has 0 saturated heterocycles. The highest BCUT2D eigenvalue weighted by Crippen LogP contribution is 2.30. The highest BCUT2D eigenvalue weighted by atomic mass is 32.2. The Balaban J connectivity index is 2.22. The number of aryl methyl sites for hydroxylation is 1. The van der Waals surface area contributed by atoms with Crippen LogP contribution in [0.2, 0.25) is 0 Å². The van der Waals surface area contributed by atoms with Gasteiger partial charge in [0.05, 0.1) is 0 Å². The Morgan fingerprint density at radius 3 is 2.67 bits per heavy atom. The standard InChI is InChI=1S/C11H12F3S/c12-11(13,14)8-15-7-3-5-9-4-1-2-6-10(9)15/h1-2,4,6H,3,5,7-8H2/q+1. The summed E-state index contributed by atoms with van der Waals surface area (Å²) < 4.78 is 37.0. The molecule has 82 valence electrons. The van der Waals surface area contributed by atoms with Crippen molar-refractivity contribution < 1.29 is 13.2 Å². The molecule has 1 atom stereocenters. The van der Waals surface area contributed by atoms with Crippen molar-refractivity contribution in [1.29, 1.82) is 0 Å². The predicted octanol–water partition coefficient (Wildman–Crippen LogP) is 3.17. The van der Waals surface area contributed by atoms with Crippen molar-refractivity contribution in [3.8, 4) is 0 Å². The molecule has 1 aliphatic heterocycles. The van der Waals surface area contributed by atoms with E-state index >= 15 is 0 Å². The summed E-state index contributed by atoms with van der Waals surface area (Å²) >= 11 is 0. The molecular weight excluding hydrogens is 221 g/mol. The maximum absolute atomic E-state index is 12.3. The lowest BCUT2D eigenvalue weighted by atomic mass is 10.1. The molecule has 1 aromatic rings. The lowest BCUT2D eigenvalue weighted by Crippen LogP contribution is -2.28. The smallest absolute Gasteiger partial charge is 0.166 e. The van der Waals surface area contributed by atoms with Gasteiger partial charge in [-0.05, 0) is 18.9 Å². The van der Waals surface area contributed by atoms with Crippen molar-refractivity contribution in [3.05, 3.63) is 29.8 Å². The second-order valence-corrected chi connectivity index (χ2v) is 5.79. The van der Waals surface area contributed by atoms with Gasteiger partial charge >= 0.3 is 6.18 Å². The third kappa shape index (κ3) is 2.68. The lowest BCUT2D eigenvalue weighted by Gasteiger charge is -2.17. The Bertz CT molecular complexity index is 346. The van der Waals surface area contributed by atoms with Crippen LogP contribution in [0.15, 0.2) is 29.2 Å². The summed E-state index contributed by atoms with van der Waals surface area (Å²) in [6, 6.07) is 7.54. The number of halogens is 3. The van der Waals surface area contributed by atoms with Crippen molar-refractivity contribution in [2.24, 2.45) is 0 Å². The maximum Gasteiger partial charge on any atom is 0.433 e. The molecule has 0 aromatic heterocycles. The molecular formula is C11H12F3S+. The molecule has 1 unspecified atom stereocenters. The third-order valence-corrected chi connectivity index (χ3v) is 4.94. The highest BCUT2D eigenvalue weighted by Gasteiger charge is 2.41. The molecule has 0 radical (unpaired) electrons. The first-order valence-corrected chi connectivity index (χ1v) is 6.45. The van der Waals surface area contributed by atoms with Crippen LogP contribution in [-0.2, 0) is 17.3 Å². The van der Waals surface area contributed by atoms with Gasteiger partial charge in [0.1, 0.15) is 5.75 Å². The van der Waals surface area contributed by atoms with Gasteiger partial charge in [0.25, 0.3) is 0 Å². The van der Waals surface area contributed by atoms with Crippen LogP contribution in [0.5, 0.6) is 0 Å². The van der Waals surface area contributed by atoms with Crippen LogP contribution in [0, 0.1) is 0 Å². The van der Waals surface area contributed by atoms with Crippen LogP contribution in [-0.4, -0.2) is 17.7 Å². The molecule has 2 rings (SSSR count). The molecule has 4 heteroatoms. The third-order valence-electron chi connectivity index (χ3n) is 2.46. The first-order valence-electron chi connectivity index (χ1n) is 4.88. The van der Waals surface area contributed by atoms with Crippen molar-refractivity contribution in [1.82, 2.24) is 0 Å². The van der Waals surface area contributed by atoms with Crippen LogP contribution in [0.4, 0.5) is 13.2 Å². The number of hydrogen-bond acceptors (Lipinski definition) is 0. The van der Waals surface area contributed by atoms with Gasteiger partial charge in [0, 0.05) is 16.5 Å². The summed E-state index contributed by atoms with van der Waals surface area (Å²) in [6.45, 7) is 0. The Morgan fingerprint density at radius 2 is 1.93 bits per heavy atom. The molecule has 0 amide bonds. The molecule has 1 aromatic carbocycles. The maximum atomic E-state index is 12.3. The van der Waals surface area contributed by atoms with E-state index in [4.69, 9.17) is 0 Å². The van der Waals surface area contributed by atoms with Crippen LogP contribution in [0.1, 0.15) is 12.0 Å². The second-order valence-electron chi connectivity index (χ2n) is 3.67. The molecule has 0 saturated carbocycles. The van der Waals surface area contributed by atoms with E-state index in [0.29, 0.717) is 5.75 Å². The minimum absolute atomic E-state index is 0.614. The summed E-state index contributed by atoms with van der Waals surface area (Å²) in [6.07, 6.45) is -2.22. The van der Waals surface area contributed by atoms with E-state index in [9.17, 15) is 13.2 Å². The van der Waals surface area contributed by atoms with E-state index in [1.54, 1.807) is 0 Å². The minimum Gasteiger partial charge on any atom is -0.166 e. The van der Waals surface area contributed by atoms with E-state index in [1.165, 1.54) is 0 Å². The molecule has 15 heavy (non-hydrogen) atoms. The molecule has 1 heterocycles. The van der Waals surface area contributed by atoms with Gasteiger partial charge in [-0.25, -0.2) is 0 Å². The van der Waals surface area contributed by atoms with Crippen molar-refractivity contribution in [2.75, 3.05) is 11.5 Å². The van der Waals surface area contributed by atoms with E-state index in [1.807, 2.05) is 24.3 Å². The van der Waals surface area contributed by atoms with Gasteiger partial charge in [0.2, 0.25) is 5.75 Å². The zero-order valence-electron chi connectivity index (χ0n) is 8.18. The van der Waals surface area contributed by atoms with E-state index in [-0.39, 0.29) is 0 Å². The topological polar surface area (TPSA) is 0 Å². The fourth-order valence-corrected chi connectivity index (χ4v) is 4.11. The fourth-order valence-electron chi connectivity index (χ4n) is 1.89. The normalized spacial score (nSPS) is 21.1. The zero-order chi connectivity index (χ0) is 10.9. The minimum atomic E-state index is -4.03. The molecule has 0 nitrogen and oxygen atoms in total. The Labute approximate surface area is 89.8 Å². The largest absolute Gasteiger partial charge is 0.433 e. The van der Waals surface area contributed by atoms with Gasteiger partial charge in [-0.1, -0.05) is 18.2 Å². The lowest BCUT2D eigenvalue weighted by molar-refractivity contribution is -0.105. The van der Waals surface area contributed by atoms with Crippen LogP contribution in [0.3, 0.4) is 0 Å². The summed E-state index contributed by atoms with van der Waals surface area (Å²) in [5.41, 5.74) is 1.11. The summed E-state index contributed by atoms with van der Waals surface area (Å²) in [5, 5.41) is 0. The Morgan fingerprint density at radius 1 is 1.20 bits per heavy atom. The molecule has 0 bridgehead atoms. The highest BCUT2D eigenvalue weighted by molar-refractivity contribution is 7.97. The van der Waals surface area contributed by atoms with Gasteiger partial charge < -0.3 is 0 Å². The van der Waals surface area contributed by atoms with Gasteiger partial charge in [-0.15, -0.1) is 0 Å². The average molecular weight is 233 g/mol. The molecule has 0 fully saturated rings. The first-order chi connectivity index (χ1) is 7.06. The van der Waals surface area contributed by atoms with Crippen molar-refractivity contribution in [3.63, 3.8) is 0 Å². The number of hydrogen-bond donors (Lipinski definition) is 0. The van der Waals surface area contributed by atoms with Gasteiger partial charge in [-0.3, -0.25) is 0 Å². The number of benzene rings is 1. The second kappa shape index (κ2) is 4.08. The fraction of sp³-hybridized carbons (Fsp3) is 0.455. The van der Waals surface area contributed by atoms with Crippen LogP contribution >= 0.6 is 0 Å². The quantitative estimate of drug-likeness (QED) is 0.653. The average Bonchev–Trinajstić information content (AvgIpc) is 2.16. The Hall–Kier alpha value is -0.640. The van der Waals surface area contributed by atoms with Crippen molar-refractivity contribution in [2.45, 2.75) is 23.9 Å². The zero-order valence-corrected chi connectivity index (χ0v) is 9.00. The number of fused-ring (bicyclic) bond motifs is 1. The van der Waals surface area contributed by atoms with Crippen LogP contribution < -0.4 is 0 Å². The summed E-state index contributed by atoms with van der Waals surface area (Å²) in [5.74, 6) is 0.0422. The summed E-state index contributed by atoms with van der Waals surface area (Å²) in [4.78, 5) is 0.932. The van der Waals surface area contributed by atoms with Gasteiger partial charge in [0.15, 0.2) is 4.90 Å². The first kappa shape index (κ1) is 10.9. The molecule has 0 N–H and O–H groups in total. The Kier molecular flexibility index (Phi) is 2.96. The SMILES string of the molecule is FC(F)(F)C[S+]1CCCc2ccccc21. The van der Waals surface area contributed by atoms with E-state index in [0.717, 1.165) is 23.3 Å². The number of rotatable bonds is 1. The van der Waals surface area contributed by atoms with E-state index in [2.05, 4.69) is 0 Å². The summed E-state index contributed by atoms with van der Waals surface area (Å²) in [7, 11) is -0.614. The van der Waals surface area contributed by atoms with Gasteiger partial charge in [-0.2, -0.15) is 13.2 Å². The number of alkyl halides is 3. The van der Waals surface area contributed by atoms with E-state index < -0.39 is 22.8 Å². The van der Waals surface area contributed by atoms with Crippen LogP contribution in [0.25, 0.3) is 0 Å². The molecule has 1 aliphatic rings. The van der Waals surface area contributed by atoms with Crippen molar-refractivity contribution >= 4 is 10.9 Å².